The SMILES string of the molecule is CCOC(=O)C1=C(COc2ccccc2Cl)NC(=O)N[C@@H]1c1ccc(OC)cc1. The molecule has 1 heterocycles. The normalized spacial score (nSPS) is 16.0. The van der Waals surface area contributed by atoms with E-state index in [9.17, 15) is 9.59 Å². The predicted molar refractivity (Wildman–Crippen MR) is 108 cm³/mol. The Labute approximate surface area is 173 Å². The van der Waals surface area contributed by atoms with Crippen molar-refractivity contribution in [2.75, 3.05) is 20.3 Å². The Morgan fingerprint density at radius 1 is 1.14 bits per heavy atom. The van der Waals surface area contributed by atoms with Gasteiger partial charge in [0.25, 0.3) is 0 Å². The van der Waals surface area contributed by atoms with Gasteiger partial charge in [-0.2, -0.15) is 0 Å². The molecule has 0 aliphatic carbocycles. The molecule has 0 saturated carbocycles. The lowest BCUT2D eigenvalue weighted by molar-refractivity contribution is -0.139. The minimum absolute atomic E-state index is 0.0576. The van der Waals surface area contributed by atoms with Gasteiger partial charge >= 0.3 is 12.0 Å². The average molecular weight is 417 g/mol. The molecule has 1 atom stereocenters. The van der Waals surface area contributed by atoms with Crippen molar-refractivity contribution < 1.29 is 23.8 Å². The first-order valence-electron chi connectivity index (χ1n) is 9.02. The van der Waals surface area contributed by atoms with Gasteiger partial charge in [-0.15, -0.1) is 0 Å². The third kappa shape index (κ3) is 4.81. The lowest BCUT2D eigenvalue weighted by Crippen LogP contribution is -2.47. The summed E-state index contributed by atoms with van der Waals surface area (Å²) in [4.78, 5) is 25.0. The van der Waals surface area contributed by atoms with Crippen molar-refractivity contribution in [1.82, 2.24) is 10.6 Å². The highest BCUT2D eigenvalue weighted by Crippen LogP contribution is 2.30. The third-order valence-electron chi connectivity index (χ3n) is 4.31. The second-order valence-corrected chi connectivity index (χ2v) is 6.54. The second-order valence-electron chi connectivity index (χ2n) is 6.14. The van der Waals surface area contributed by atoms with Gasteiger partial charge in [0.05, 0.1) is 36.1 Å². The van der Waals surface area contributed by atoms with E-state index in [1.807, 2.05) is 0 Å². The van der Waals surface area contributed by atoms with Crippen molar-refractivity contribution >= 4 is 23.6 Å². The van der Waals surface area contributed by atoms with Gasteiger partial charge in [-0.1, -0.05) is 35.9 Å². The smallest absolute Gasteiger partial charge is 0.338 e. The molecule has 2 aromatic rings. The van der Waals surface area contributed by atoms with Crippen LogP contribution < -0.4 is 20.1 Å². The number of rotatable bonds is 7. The van der Waals surface area contributed by atoms with E-state index in [2.05, 4.69) is 10.6 Å². The number of methoxy groups -OCH3 is 1. The second kappa shape index (κ2) is 9.34. The number of urea groups is 1. The van der Waals surface area contributed by atoms with E-state index >= 15 is 0 Å². The van der Waals surface area contributed by atoms with E-state index in [4.69, 9.17) is 25.8 Å². The van der Waals surface area contributed by atoms with Crippen LogP contribution in [-0.4, -0.2) is 32.3 Å². The van der Waals surface area contributed by atoms with Crippen LogP contribution in [0.25, 0.3) is 0 Å². The molecule has 0 fully saturated rings. The van der Waals surface area contributed by atoms with Crippen LogP contribution in [0.5, 0.6) is 11.5 Å². The Morgan fingerprint density at radius 2 is 1.86 bits per heavy atom. The van der Waals surface area contributed by atoms with E-state index in [1.54, 1.807) is 62.6 Å². The zero-order valence-corrected chi connectivity index (χ0v) is 16.8. The number of halogens is 1. The standard InChI is InChI=1S/C21H21ClN2O5/c1-3-28-20(25)18-16(12-29-17-7-5-4-6-15(17)22)23-21(26)24-19(18)13-8-10-14(27-2)11-9-13/h4-11,19H,3,12H2,1-2H3,(H2,23,24,26)/t19-/m1/s1. The zero-order chi connectivity index (χ0) is 20.8. The molecular weight excluding hydrogens is 396 g/mol. The maximum Gasteiger partial charge on any atom is 0.338 e. The van der Waals surface area contributed by atoms with E-state index in [0.29, 0.717) is 27.8 Å². The first kappa shape index (κ1) is 20.5. The van der Waals surface area contributed by atoms with E-state index in [-0.39, 0.29) is 18.8 Å². The van der Waals surface area contributed by atoms with Crippen LogP contribution in [0.3, 0.4) is 0 Å². The fraction of sp³-hybridized carbons (Fsp3) is 0.238. The van der Waals surface area contributed by atoms with Gasteiger partial charge in [0.1, 0.15) is 18.1 Å². The first-order valence-corrected chi connectivity index (χ1v) is 9.40. The Balaban J connectivity index is 1.97. The Morgan fingerprint density at radius 3 is 2.52 bits per heavy atom. The molecule has 8 heteroatoms. The summed E-state index contributed by atoms with van der Waals surface area (Å²) in [6.45, 7) is 1.86. The molecule has 0 bridgehead atoms. The van der Waals surface area contributed by atoms with Crippen LogP contribution in [0.15, 0.2) is 59.8 Å². The number of nitrogens with one attached hydrogen (secondary N) is 2. The van der Waals surface area contributed by atoms with Gasteiger partial charge < -0.3 is 24.8 Å². The highest BCUT2D eigenvalue weighted by atomic mass is 35.5. The summed E-state index contributed by atoms with van der Waals surface area (Å²) in [6.07, 6.45) is 0. The number of hydrogen-bond acceptors (Lipinski definition) is 5. The maximum absolute atomic E-state index is 12.7. The number of amides is 2. The summed E-state index contributed by atoms with van der Waals surface area (Å²) in [5, 5.41) is 5.85. The Kier molecular flexibility index (Phi) is 6.61. The molecule has 0 saturated heterocycles. The minimum Gasteiger partial charge on any atom is -0.497 e. The first-order chi connectivity index (χ1) is 14.0. The van der Waals surface area contributed by atoms with Gasteiger partial charge in [0, 0.05) is 0 Å². The topological polar surface area (TPSA) is 85.9 Å². The molecular formula is C21H21ClN2O5. The Hall–Kier alpha value is -3.19. The summed E-state index contributed by atoms with van der Waals surface area (Å²) in [5.41, 5.74) is 1.29. The van der Waals surface area contributed by atoms with Crippen molar-refractivity contribution in [3.05, 3.63) is 70.4 Å². The fourth-order valence-corrected chi connectivity index (χ4v) is 3.13. The number of esters is 1. The van der Waals surface area contributed by atoms with E-state index in [1.165, 1.54) is 0 Å². The van der Waals surface area contributed by atoms with Crippen LogP contribution in [0.4, 0.5) is 4.79 Å². The lowest BCUT2D eigenvalue weighted by atomic mass is 9.95. The van der Waals surface area contributed by atoms with Crippen molar-refractivity contribution in [3.8, 4) is 11.5 Å². The molecule has 0 aromatic heterocycles. The molecule has 3 rings (SSSR count). The fourth-order valence-electron chi connectivity index (χ4n) is 2.94. The van der Waals surface area contributed by atoms with Crippen LogP contribution in [0, 0.1) is 0 Å². The number of carbonyl (C=O) groups excluding carboxylic acids is 2. The molecule has 2 amide bonds. The molecule has 1 aliphatic heterocycles. The average Bonchev–Trinajstić information content (AvgIpc) is 2.73. The zero-order valence-electron chi connectivity index (χ0n) is 16.0. The van der Waals surface area contributed by atoms with E-state index in [0.717, 1.165) is 0 Å². The number of carbonyl (C=O) groups is 2. The summed E-state index contributed by atoms with van der Waals surface area (Å²) in [7, 11) is 1.56. The number of hydrogen-bond donors (Lipinski definition) is 2. The largest absolute Gasteiger partial charge is 0.497 e. The molecule has 2 aromatic carbocycles. The molecule has 0 spiro atoms. The van der Waals surface area contributed by atoms with Crippen molar-refractivity contribution in [3.63, 3.8) is 0 Å². The number of ether oxygens (including phenoxy) is 3. The molecule has 0 unspecified atom stereocenters. The number of para-hydroxylation sites is 1. The molecule has 0 radical (unpaired) electrons. The van der Waals surface area contributed by atoms with Gasteiger partial charge in [0.15, 0.2) is 0 Å². The quantitative estimate of drug-likeness (QED) is 0.673. The van der Waals surface area contributed by atoms with Crippen LogP contribution in [0.1, 0.15) is 18.5 Å². The summed E-state index contributed by atoms with van der Waals surface area (Å²) in [6, 6.07) is 12.9. The van der Waals surface area contributed by atoms with Crippen molar-refractivity contribution in [2.45, 2.75) is 13.0 Å². The molecule has 152 valence electrons. The van der Waals surface area contributed by atoms with Gasteiger partial charge in [-0.3, -0.25) is 0 Å². The highest BCUT2D eigenvalue weighted by Gasteiger charge is 2.34. The highest BCUT2D eigenvalue weighted by molar-refractivity contribution is 6.32. The minimum atomic E-state index is -0.696. The molecule has 7 nitrogen and oxygen atoms in total. The summed E-state index contributed by atoms with van der Waals surface area (Å²) in [5.74, 6) is 0.565. The summed E-state index contributed by atoms with van der Waals surface area (Å²) < 4.78 is 16.1. The van der Waals surface area contributed by atoms with Crippen LogP contribution in [-0.2, 0) is 9.53 Å². The van der Waals surface area contributed by atoms with Crippen LogP contribution >= 0.6 is 11.6 Å². The molecule has 2 N–H and O–H groups in total. The maximum atomic E-state index is 12.7. The lowest BCUT2D eigenvalue weighted by Gasteiger charge is -2.29. The Bertz CT molecular complexity index is 927. The predicted octanol–water partition coefficient (Wildman–Crippen LogP) is 3.60. The number of benzene rings is 2. The molecule has 1 aliphatic rings. The van der Waals surface area contributed by atoms with E-state index < -0.39 is 18.0 Å². The summed E-state index contributed by atoms with van der Waals surface area (Å²) >= 11 is 6.13. The van der Waals surface area contributed by atoms with Crippen LogP contribution in [0.2, 0.25) is 5.02 Å². The van der Waals surface area contributed by atoms with Gasteiger partial charge in [0.2, 0.25) is 0 Å². The van der Waals surface area contributed by atoms with Gasteiger partial charge in [-0.25, -0.2) is 9.59 Å². The molecule has 29 heavy (non-hydrogen) atoms. The third-order valence-corrected chi connectivity index (χ3v) is 4.62. The van der Waals surface area contributed by atoms with Crippen molar-refractivity contribution in [1.29, 1.82) is 0 Å². The monoisotopic (exact) mass is 416 g/mol. The van der Waals surface area contributed by atoms with Gasteiger partial charge in [-0.05, 0) is 36.8 Å². The van der Waals surface area contributed by atoms with Crippen molar-refractivity contribution in [2.24, 2.45) is 0 Å².